The Morgan fingerprint density at radius 2 is 2.14 bits per heavy atom. The van der Waals surface area contributed by atoms with E-state index in [2.05, 4.69) is 10.3 Å². The number of sulfonamides is 1. The second-order valence-electron chi connectivity index (χ2n) is 7.26. The smallest absolute Gasteiger partial charge is 0.260 e. The van der Waals surface area contributed by atoms with Gasteiger partial charge in [-0.15, -0.1) is 0 Å². The lowest BCUT2D eigenvalue weighted by Gasteiger charge is -2.24. The molecule has 2 rings (SSSR count). The van der Waals surface area contributed by atoms with Gasteiger partial charge in [0.25, 0.3) is 10.0 Å². The van der Waals surface area contributed by atoms with E-state index in [-0.39, 0.29) is 30.5 Å². The molecule has 1 aliphatic rings. The lowest BCUT2D eigenvalue weighted by molar-refractivity contribution is -0.121. The highest BCUT2D eigenvalue weighted by molar-refractivity contribution is 7.89. The maximum Gasteiger partial charge on any atom is 0.260 e. The van der Waals surface area contributed by atoms with Gasteiger partial charge in [-0.25, -0.2) is 13.4 Å². The van der Waals surface area contributed by atoms with Gasteiger partial charge in [0, 0.05) is 25.2 Å². The monoisotopic (exact) mass is 411 g/mol. The summed E-state index contributed by atoms with van der Waals surface area (Å²) in [5.74, 6) is -1.49. The van der Waals surface area contributed by atoms with Crippen LogP contribution in [0.5, 0.6) is 0 Å². The number of nitrogens with one attached hydrogen (secondary N) is 1. The zero-order valence-electron chi connectivity index (χ0n) is 16.0. The third-order valence-corrected chi connectivity index (χ3v) is 6.49. The number of carbonyl (C=O) groups is 2. The molecule has 1 saturated heterocycles. The van der Waals surface area contributed by atoms with Crippen LogP contribution >= 0.6 is 0 Å². The number of β-amino-alcohol motifs (C(OH)–C–C–N with tert-alkyl or cyclic N) is 1. The van der Waals surface area contributed by atoms with Crippen molar-refractivity contribution in [3.63, 3.8) is 0 Å². The minimum atomic E-state index is -3.84. The minimum absolute atomic E-state index is 0.0781. The summed E-state index contributed by atoms with van der Waals surface area (Å²) in [4.78, 5) is 27.1. The Morgan fingerprint density at radius 1 is 1.43 bits per heavy atom. The molecule has 1 radical (unpaired) electrons. The molecule has 1 aromatic rings. The molecule has 0 unspecified atom stereocenters. The highest BCUT2D eigenvalue weighted by atomic mass is 32.2. The van der Waals surface area contributed by atoms with Crippen LogP contribution < -0.4 is 11.1 Å². The van der Waals surface area contributed by atoms with E-state index in [1.54, 1.807) is 19.1 Å². The largest absolute Gasteiger partial charge is 0.390 e. The van der Waals surface area contributed by atoms with Gasteiger partial charge in [-0.1, -0.05) is 19.9 Å². The Hall–Kier alpha value is -2.04. The van der Waals surface area contributed by atoms with Crippen LogP contribution in [0.25, 0.3) is 0 Å². The van der Waals surface area contributed by atoms with Crippen molar-refractivity contribution in [1.82, 2.24) is 14.6 Å². The summed E-state index contributed by atoms with van der Waals surface area (Å²) in [5, 5.41) is 13.2. The molecule has 10 heteroatoms. The highest BCUT2D eigenvalue weighted by Crippen LogP contribution is 2.23. The number of aliphatic hydroxyl groups excluding tert-OH is 1. The number of hydrogen-bond acceptors (Lipinski definition) is 6. The number of hydrogen-bond donors (Lipinski definition) is 3. The standard InChI is InChI=1S/C18H27N4O5S/c1-12-9-14(21-16(24)7-6-13(2)18(19)25)15(23)11-22(10-12)28(26,27)17-5-3-4-8-20-17/h3-5,7-8,12-15,23H,6,9-11H2,1-2H3,(H2,19,25)(H,21,24)/t12-,13-,14-,15+/m1/s1. The molecule has 1 aromatic heterocycles. The molecule has 4 atom stereocenters. The van der Waals surface area contributed by atoms with Crippen LogP contribution in [0.15, 0.2) is 29.4 Å². The average Bonchev–Trinajstić information content (AvgIpc) is 2.79. The van der Waals surface area contributed by atoms with Gasteiger partial charge in [0.1, 0.15) is 0 Å². The molecule has 28 heavy (non-hydrogen) atoms. The van der Waals surface area contributed by atoms with Crippen LogP contribution in [0.2, 0.25) is 0 Å². The third kappa shape index (κ3) is 5.73. The molecule has 0 aromatic carbocycles. The van der Waals surface area contributed by atoms with Gasteiger partial charge in [0.15, 0.2) is 5.03 Å². The van der Waals surface area contributed by atoms with Crippen LogP contribution in [0.3, 0.4) is 0 Å². The number of primary amides is 1. The third-order valence-electron chi connectivity index (χ3n) is 4.74. The molecule has 2 amide bonds. The molecule has 1 aliphatic heterocycles. The number of amides is 2. The van der Waals surface area contributed by atoms with E-state index in [0.29, 0.717) is 6.42 Å². The topological polar surface area (TPSA) is 143 Å². The molecule has 2 heterocycles. The van der Waals surface area contributed by atoms with Gasteiger partial charge in [-0.05, 0) is 30.9 Å². The zero-order chi connectivity index (χ0) is 20.9. The van der Waals surface area contributed by atoms with Gasteiger partial charge in [0.05, 0.1) is 18.6 Å². The molecule has 0 saturated carbocycles. The summed E-state index contributed by atoms with van der Waals surface area (Å²) in [6, 6.07) is 4.01. The van der Waals surface area contributed by atoms with E-state index in [1.807, 2.05) is 6.92 Å². The van der Waals surface area contributed by atoms with Gasteiger partial charge >= 0.3 is 0 Å². The van der Waals surface area contributed by atoms with E-state index in [1.165, 1.54) is 23.0 Å². The average molecular weight is 412 g/mol. The van der Waals surface area contributed by atoms with E-state index in [9.17, 15) is 23.1 Å². The molecular formula is C18H27N4O5S. The lowest BCUT2D eigenvalue weighted by Crippen LogP contribution is -2.47. The number of nitrogens with zero attached hydrogens (tertiary/aromatic N) is 2. The van der Waals surface area contributed by atoms with Crippen molar-refractivity contribution in [1.29, 1.82) is 0 Å². The molecule has 4 N–H and O–H groups in total. The number of aromatic nitrogens is 1. The maximum absolute atomic E-state index is 12.8. The van der Waals surface area contributed by atoms with Crippen LogP contribution in [0.4, 0.5) is 0 Å². The van der Waals surface area contributed by atoms with E-state index in [0.717, 1.165) is 0 Å². The number of pyridine rings is 1. The summed E-state index contributed by atoms with van der Waals surface area (Å²) >= 11 is 0. The number of aliphatic hydroxyl groups is 1. The Labute approximate surface area is 165 Å². The Morgan fingerprint density at radius 3 is 2.75 bits per heavy atom. The molecule has 0 aliphatic carbocycles. The van der Waals surface area contributed by atoms with Crippen LogP contribution in [-0.2, 0) is 19.6 Å². The molecule has 155 valence electrons. The Bertz CT molecular complexity index is 786. The second-order valence-corrected chi connectivity index (χ2v) is 9.14. The van der Waals surface area contributed by atoms with Crippen LogP contribution in [0.1, 0.15) is 26.7 Å². The Balaban J connectivity index is 2.04. The summed E-state index contributed by atoms with van der Waals surface area (Å²) in [5.41, 5.74) is 5.17. The van der Waals surface area contributed by atoms with E-state index in [4.69, 9.17) is 5.73 Å². The second kappa shape index (κ2) is 9.44. The Kier molecular flexibility index (Phi) is 7.50. The van der Waals surface area contributed by atoms with Gasteiger partial charge in [-0.3, -0.25) is 9.59 Å². The number of carbonyl (C=O) groups excluding carboxylic acids is 2. The fourth-order valence-corrected chi connectivity index (χ4v) is 4.56. The first-order chi connectivity index (χ1) is 13.1. The normalized spacial score (nSPS) is 24.9. The quantitative estimate of drug-likeness (QED) is 0.561. The first kappa shape index (κ1) is 22.3. The molecular weight excluding hydrogens is 384 g/mol. The van der Waals surface area contributed by atoms with Crippen molar-refractivity contribution >= 4 is 21.8 Å². The first-order valence-corrected chi connectivity index (χ1v) is 10.6. The highest BCUT2D eigenvalue weighted by Gasteiger charge is 2.36. The maximum atomic E-state index is 12.8. The lowest BCUT2D eigenvalue weighted by atomic mass is 9.99. The molecule has 1 fully saturated rings. The van der Waals surface area contributed by atoms with Gasteiger partial charge in [-0.2, -0.15) is 4.31 Å². The van der Waals surface area contributed by atoms with Gasteiger partial charge < -0.3 is 16.2 Å². The van der Waals surface area contributed by atoms with Crippen molar-refractivity contribution in [3.8, 4) is 0 Å². The van der Waals surface area contributed by atoms with Crippen molar-refractivity contribution in [2.45, 2.75) is 43.9 Å². The number of rotatable bonds is 7. The molecule has 9 nitrogen and oxygen atoms in total. The summed E-state index contributed by atoms with van der Waals surface area (Å²) in [6.07, 6.45) is 2.26. The number of nitrogens with two attached hydrogens (primary N) is 1. The van der Waals surface area contributed by atoms with Crippen molar-refractivity contribution < 1.29 is 23.1 Å². The zero-order valence-corrected chi connectivity index (χ0v) is 16.8. The van der Waals surface area contributed by atoms with E-state index < -0.39 is 39.9 Å². The summed E-state index contributed by atoms with van der Waals surface area (Å²) in [7, 11) is -3.84. The first-order valence-electron chi connectivity index (χ1n) is 9.13. The molecule has 0 spiro atoms. The van der Waals surface area contributed by atoms with Crippen LogP contribution in [0, 0.1) is 18.3 Å². The summed E-state index contributed by atoms with van der Waals surface area (Å²) < 4.78 is 26.8. The predicted molar refractivity (Wildman–Crippen MR) is 102 cm³/mol. The van der Waals surface area contributed by atoms with Gasteiger partial charge in [0.2, 0.25) is 11.8 Å². The van der Waals surface area contributed by atoms with Crippen molar-refractivity contribution in [2.75, 3.05) is 13.1 Å². The molecule has 0 bridgehead atoms. The summed E-state index contributed by atoms with van der Waals surface area (Å²) in [6.45, 7) is 3.54. The fraction of sp³-hybridized carbons (Fsp3) is 0.556. The minimum Gasteiger partial charge on any atom is -0.390 e. The van der Waals surface area contributed by atoms with Crippen molar-refractivity contribution in [3.05, 3.63) is 30.8 Å². The van der Waals surface area contributed by atoms with E-state index >= 15 is 0 Å². The SMILES string of the molecule is C[C@@H]1C[C@@H](NC(=O)[CH]C[C@@H](C)C(N)=O)[C@@H](O)CN(S(=O)(=O)c2ccccn2)C1. The predicted octanol–water partition coefficient (Wildman–Crippen LogP) is -0.326. The fourth-order valence-electron chi connectivity index (χ4n) is 3.05. The van der Waals surface area contributed by atoms with Crippen molar-refractivity contribution in [2.24, 2.45) is 17.6 Å². The van der Waals surface area contributed by atoms with Crippen LogP contribution in [-0.4, -0.2) is 59.9 Å².